The minimum Gasteiger partial charge on any atom is -0.454 e. The van der Waals surface area contributed by atoms with Crippen LogP contribution in [-0.4, -0.2) is 60.8 Å². The highest BCUT2D eigenvalue weighted by molar-refractivity contribution is 5.82. The van der Waals surface area contributed by atoms with Crippen molar-refractivity contribution in [3.63, 3.8) is 0 Å². The smallest absolute Gasteiger partial charge is 0.237 e. The molecular formula is C19H27N3O3. The largest absolute Gasteiger partial charge is 0.454 e. The zero-order chi connectivity index (χ0) is 17.6. The molecular weight excluding hydrogens is 318 g/mol. The molecule has 1 amide bonds. The number of hydrogen-bond acceptors (Lipinski definition) is 5. The van der Waals surface area contributed by atoms with Crippen molar-refractivity contribution in [2.45, 2.75) is 44.9 Å². The van der Waals surface area contributed by atoms with Gasteiger partial charge in [0.25, 0.3) is 0 Å². The molecule has 1 aromatic carbocycles. The fraction of sp³-hybridized carbons (Fsp3) is 0.632. The lowest BCUT2D eigenvalue weighted by atomic mass is 10.0. The van der Waals surface area contributed by atoms with Gasteiger partial charge in [-0.25, -0.2) is 0 Å². The number of nitrogens with zero attached hydrogens (tertiary/aromatic N) is 2. The van der Waals surface area contributed by atoms with E-state index in [-0.39, 0.29) is 11.9 Å². The highest BCUT2D eigenvalue weighted by Gasteiger charge is 2.49. The van der Waals surface area contributed by atoms with Gasteiger partial charge in [-0.1, -0.05) is 6.07 Å². The summed E-state index contributed by atoms with van der Waals surface area (Å²) in [5, 5.41) is 2.84. The number of likely N-dealkylation sites (tertiary alicyclic amines) is 2. The van der Waals surface area contributed by atoms with Gasteiger partial charge in [-0.15, -0.1) is 0 Å². The quantitative estimate of drug-likeness (QED) is 0.895. The molecule has 4 rings (SSSR count). The van der Waals surface area contributed by atoms with Gasteiger partial charge in [-0.05, 0) is 43.9 Å². The zero-order valence-electron chi connectivity index (χ0n) is 15.2. The Morgan fingerprint density at radius 1 is 1.28 bits per heavy atom. The molecule has 25 heavy (non-hydrogen) atoms. The number of nitrogens with one attached hydrogen (secondary N) is 1. The second kappa shape index (κ2) is 6.50. The third-order valence-electron chi connectivity index (χ3n) is 5.74. The minimum absolute atomic E-state index is 0.0210. The summed E-state index contributed by atoms with van der Waals surface area (Å²) in [6.45, 7) is 7.69. The van der Waals surface area contributed by atoms with Gasteiger partial charge in [0.2, 0.25) is 12.7 Å². The topological polar surface area (TPSA) is 54.0 Å². The van der Waals surface area contributed by atoms with Crippen LogP contribution < -0.4 is 14.8 Å². The molecule has 6 heteroatoms. The van der Waals surface area contributed by atoms with Crippen molar-refractivity contribution in [1.82, 2.24) is 15.1 Å². The van der Waals surface area contributed by atoms with Crippen LogP contribution in [0.15, 0.2) is 18.2 Å². The lowest BCUT2D eigenvalue weighted by Gasteiger charge is -2.33. The summed E-state index contributed by atoms with van der Waals surface area (Å²) in [6, 6.07) is 7.07. The van der Waals surface area contributed by atoms with E-state index in [9.17, 15) is 4.79 Å². The van der Waals surface area contributed by atoms with E-state index in [0.29, 0.717) is 24.8 Å². The summed E-state index contributed by atoms with van der Waals surface area (Å²) >= 11 is 0. The highest BCUT2D eigenvalue weighted by atomic mass is 16.7. The van der Waals surface area contributed by atoms with Gasteiger partial charge in [-0.3, -0.25) is 14.6 Å². The molecule has 3 aliphatic rings. The van der Waals surface area contributed by atoms with Crippen LogP contribution in [0.4, 0.5) is 0 Å². The van der Waals surface area contributed by atoms with E-state index in [1.165, 1.54) is 5.56 Å². The van der Waals surface area contributed by atoms with Crippen LogP contribution in [0.2, 0.25) is 0 Å². The standard InChI is InChI=1S/C19H27N3O3/c1-12(2)22-15(19(23)20-3)7-14-9-21(10-16(14)22)8-13-4-5-17-18(6-13)25-11-24-17/h4-6,12,14-16H,7-11H2,1-3H3,(H,20,23)/t14-,15-,16+/m1/s1. The first kappa shape index (κ1) is 16.7. The molecule has 3 atom stereocenters. The van der Waals surface area contributed by atoms with Crippen LogP contribution in [0.3, 0.4) is 0 Å². The summed E-state index contributed by atoms with van der Waals surface area (Å²) in [5.41, 5.74) is 1.25. The number of rotatable bonds is 4. The first-order chi connectivity index (χ1) is 12.1. The average Bonchev–Trinajstić information content (AvgIpc) is 3.26. The molecule has 2 fully saturated rings. The van der Waals surface area contributed by atoms with E-state index in [1.54, 1.807) is 7.05 Å². The van der Waals surface area contributed by atoms with Gasteiger partial charge >= 0.3 is 0 Å². The van der Waals surface area contributed by atoms with Crippen LogP contribution in [0.5, 0.6) is 11.5 Å². The van der Waals surface area contributed by atoms with E-state index in [2.05, 4.69) is 41.1 Å². The third-order valence-corrected chi connectivity index (χ3v) is 5.74. The Hall–Kier alpha value is -1.79. The van der Waals surface area contributed by atoms with Crippen LogP contribution in [-0.2, 0) is 11.3 Å². The van der Waals surface area contributed by atoms with Crippen molar-refractivity contribution in [2.24, 2.45) is 5.92 Å². The molecule has 0 bridgehead atoms. The van der Waals surface area contributed by atoms with E-state index in [1.807, 2.05) is 6.07 Å². The fourth-order valence-electron chi connectivity index (χ4n) is 4.73. The molecule has 0 unspecified atom stereocenters. The Kier molecular flexibility index (Phi) is 4.33. The van der Waals surface area contributed by atoms with Gasteiger partial charge < -0.3 is 14.8 Å². The number of carbonyl (C=O) groups is 1. The summed E-state index contributed by atoms with van der Waals surface area (Å²) in [6.07, 6.45) is 0.958. The number of amides is 1. The SMILES string of the molecule is CNC(=O)[C@H]1C[C@@H]2CN(Cc3ccc4c(c3)OCO4)C[C@@H]2N1C(C)C. The van der Waals surface area contributed by atoms with Crippen LogP contribution >= 0.6 is 0 Å². The molecule has 1 aromatic rings. The van der Waals surface area contributed by atoms with Crippen molar-refractivity contribution < 1.29 is 14.3 Å². The van der Waals surface area contributed by atoms with Crippen LogP contribution in [0, 0.1) is 5.92 Å². The van der Waals surface area contributed by atoms with Crippen molar-refractivity contribution >= 4 is 5.91 Å². The molecule has 3 heterocycles. The number of fused-ring (bicyclic) bond motifs is 2. The van der Waals surface area contributed by atoms with Crippen LogP contribution in [0.25, 0.3) is 0 Å². The predicted molar refractivity (Wildman–Crippen MR) is 94.6 cm³/mol. The zero-order valence-corrected chi connectivity index (χ0v) is 15.2. The molecule has 0 aromatic heterocycles. The Morgan fingerprint density at radius 3 is 2.84 bits per heavy atom. The first-order valence-electron chi connectivity index (χ1n) is 9.16. The second-order valence-electron chi connectivity index (χ2n) is 7.62. The summed E-state index contributed by atoms with van der Waals surface area (Å²) < 4.78 is 10.9. The molecule has 136 valence electrons. The molecule has 0 radical (unpaired) electrons. The Morgan fingerprint density at radius 2 is 2.08 bits per heavy atom. The first-order valence-corrected chi connectivity index (χ1v) is 9.16. The molecule has 6 nitrogen and oxygen atoms in total. The number of ether oxygens (including phenoxy) is 2. The van der Waals surface area contributed by atoms with E-state index >= 15 is 0 Å². The van der Waals surface area contributed by atoms with Crippen molar-refractivity contribution in [1.29, 1.82) is 0 Å². The van der Waals surface area contributed by atoms with Gasteiger partial charge in [0, 0.05) is 38.8 Å². The van der Waals surface area contributed by atoms with E-state index in [0.717, 1.165) is 37.6 Å². The number of carbonyl (C=O) groups excluding carboxylic acids is 1. The average molecular weight is 345 g/mol. The van der Waals surface area contributed by atoms with E-state index in [4.69, 9.17) is 9.47 Å². The molecule has 0 spiro atoms. The fourth-order valence-corrected chi connectivity index (χ4v) is 4.73. The van der Waals surface area contributed by atoms with Gasteiger partial charge in [0.1, 0.15) is 0 Å². The lowest BCUT2D eigenvalue weighted by molar-refractivity contribution is -0.126. The van der Waals surface area contributed by atoms with Crippen LogP contribution in [0.1, 0.15) is 25.8 Å². The Labute approximate surface area is 149 Å². The molecule has 3 aliphatic heterocycles. The summed E-state index contributed by atoms with van der Waals surface area (Å²) in [4.78, 5) is 17.2. The van der Waals surface area contributed by atoms with Gasteiger partial charge in [-0.2, -0.15) is 0 Å². The third kappa shape index (κ3) is 2.98. The lowest BCUT2D eigenvalue weighted by Crippen LogP contribution is -2.50. The molecule has 1 N–H and O–H groups in total. The highest BCUT2D eigenvalue weighted by Crippen LogP contribution is 2.38. The normalized spacial score (nSPS) is 28.6. The molecule has 2 saturated heterocycles. The Balaban J connectivity index is 1.44. The predicted octanol–water partition coefficient (Wildman–Crippen LogP) is 1.44. The van der Waals surface area contributed by atoms with Crippen molar-refractivity contribution in [3.8, 4) is 11.5 Å². The number of likely N-dealkylation sites (N-methyl/N-ethyl adjacent to an activating group) is 1. The number of hydrogen-bond donors (Lipinski definition) is 1. The molecule has 0 aliphatic carbocycles. The monoisotopic (exact) mass is 345 g/mol. The summed E-state index contributed by atoms with van der Waals surface area (Å²) in [5.74, 6) is 2.41. The Bertz CT molecular complexity index is 663. The number of benzene rings is 1. The maximum atomic E-state index is 12.2. The second-order valence-corrected chi connectivity index (χ2v) is 7.62. The van der Waals surface area contributed by atoms with Gasteiger partial charge in [0.15, 0.2) is 11.5 Å². The summed E-state index contributed by atoms with van der Waals surface area (Å²) in [7, 11) is 1.74. The minimum atomic E-state index is 0.0210. The van der Waals surface area contributed by atoms with Gasteiger partial charge in [0.05, 0.1) is 6.04 Å². The molecule has 0 saturated carbocycles. The van der Waals surface area contributed by atoms with Crippen molar-refractivity contribution in [3.05, 3.63) is 23.8 Å². The maximum Gasteiger partial charge on any atom is 0.237 e. The maximum absolute atomic E-state index is 12.2. The van der Waals surface area contributed by atoms with Crippen molar-refractivity contribution in [2.75, 3.05) is 26.9 Å². The van der Waals surface area contributed by atoms with E-state index < -0.39 is 0 Å².